The minimum atomic E-state index is -0.367. The highest BCUT2D eigenvalue weighted by Gasteiger charge is 1.99. The second-order valence-corrected chi connectivity index (χ2v) is 4.88. The number of nitrogens with one attached hydrogen (secondary N) is 2. The molecular formula is C10H20N2O3Si. The minimum absolute atomic E-state index is 0.302. The fourth-order valence-corrected chi connectivity index (χ4v) is 1.76. The standard InChI is InChI=1S/C10H20N2O3Si/c1-3-15-10(13)4-5-11-6-7-12-8-9-16-14-2/h1,11-12H,4-9,16H2,2H3. The Morgan fingerprint density at radius 3 is 2.62 bits per heavy atom. The summed E-state index contributed by atoms with van der Waals surface area (Å²) in [6, 6.07) is 1.14. The molecule has 0 aromatic carbocycles. The van der Waals surface area contributed by atoms with Gasteiger partial charge in [-0.2, -0.15) is 0 Å². The smallest absolute Gasteiger partial charge is 0.321 e. The van der Waals surface area contributed by atoms with Gasteiger partial charge in [0.1, 0.15) is 6.11 Å². The summed E-state index contributed by atoms with van der Waals surface area (Å²) in [5, 5.41) is 6.39. The predicted octanol–water partition coefficient (Wildman–Crippen LogP) is -1.16. The number of carbonyl (C=O) groups excluding carboxylic acids is 1. The number of hydrogen-bond acceptors (Lipinski definition) is 5. The Morgan fingerprint density at radius 1 is 1.31 bits per heavy atom. The van der Waals surface area contributed by atoms with E-state index in [1.165, 1.54) is 0 Å². The largest absolute Gasteiger partial charge is 0.427 e. The Labute approximate surface area is 99.2 Å². The number of hydrogen-bond donors (Lipinski definition) is 2. The molecule has 0 aliphatic heterocycles. The average molecular weight is 244 g/mol. The van der Waals surface area contributed by atoms with E-state index in [4.69, 9.17) is 10.8 Å². The zero-order valence-electron chi connectivity index (χ0n) is 9.75. The van der Waals surface area contributed by atoms with Crippen LogP contribution in [0.3, 0.4) is 0 Å². The van der Waals surface area contributed by atoms with Crippen molar-refractivity contribution in [2.75, 3.05) is 33.3 Å². The molecule has 0 atom stereocenters. The van der Waals surface area contributed by atoms with Crippen LogP contribution in [0, 0.1) is 12.5 Å². The molecule has 2 N–H and O–H groups in total. The maximum atomic E-state index is 10.8. The van der Waals surface area contributed by atoms with Crippen molar-refractivity contribution in [3.05, 3.63) is 0 Å². The van der Waals surface area contributed by atoms with Gasteiger partial charge in [-0.15, -0.1) is 0 Å². The van der Waals surface area contributed by atoms with Gasteiger partial charge in [-0.05, 0) is 12.6 Å². The van der Waals surface area contributed by atoms with E-state index in [1.54, 1.807) is 7.11 Å². The molecule has 0 spiro atoms. The summed E-state index contributed by atoms with van der Waals surface area (Å²) < 4.78 is 9.39. The zero-order chi connectivity index (χ0) is 12.1. The predicted molar refractivity (Wildman–Crippen MR) is 65.6 cm³/mol. The first-order valence-electron chi connectivity index (χ1n) is 5.37. The van der Waals surface area contributed by atoms with Crippen LogP contribution in [0.1, 0.15) is 6.42 Å². The molecule has 0 fully saturated rings. The summed E-state index contributed by atoms with van der Waals surface area (Å²) in [6.07, 6.45) is 6.97. The SMILES string of the molecule is C#COC(=O)CCNCCNCC[SiH2]OC. The van der Waals surface area contributed by atoms with E-state index in [-0.39, 0.29) is 15.7 Å². The van der Waals surface area contributed by atoms with Crippen LogP contribution in [0.2, 0.25) is 6.04 Å². The first-order valence-corrected chi connectivity index (χ1v) is 6.94. The van der Waals surface area contributed by atoms with Crippen molar-refractivity contribution >= 4 is 15.7 Å². The molecule has 0 aromatic heterocycles. The van der Waals surface area contributed by atoms with Gasteiger partial charge in [0.05, 0.1) is 6.42 Å². The molecular weight excluding hydrogens is 224 g/mol. The fraction of sp³-hybridized carbons (Fsp3) is 0.700. The lowest BCUT2D eigenvalue weighted by Gasteiger charge is -2.05. The number of terminal acetylenes is 1. The molecule has 0 amide bonds. The lowest BCUT2D eigenvalue weighted by Crippen LogP contribution is -2.29. The van der Waals surface area contributed by atoms with Crippen LogP contribution in [0.15, 0.2) is 0 Å². The molecule has 0 radical (unpaired) electrons. The monoisotopic (exact) mass is 244 g/mol. The molecule has 6 heteroatoms. The van der Waals surface area contributed by atoms with Gasteiger partial charge in [-0.3, -0.25) is 4.79 Å². The highest BCUT2D eigenvalue weighted by Crippen LogP contribution is 1.82. The summed E-state index contributed by atoms with van der Waals surface area (Å²) >= 11 is 0. The minimum Gasteiger partial charge on any atom is -0.427 e. The van der Waals surface area contributed by atoms with Crippen LogP contribution in [-0.4, -0.2) is 49.0 Å². The summed E-state index contributed by atoms with van der Waals surface area (Å²) in [6.45, 7) is 3.32. The third kappa shape index (κ3) is 11.2. The molecule has 0 saturated carbocycles. The first kappa shape index (κ1) is 15.1. The van der Waals surface area contributed by atoms with E-state index in [9.17, 15) is 4.79 Å². The fourth-order valence-electron chi connectivity index (χ4n) is 1.08. The van der Waals surface area contributed by atoms with Gasteiger partial charge < -0.3 is 19.8 Å². The number of ether oxygens (including phenoxy) is 1. The van der Waals surface area contributed by atoms with Crippen LogP contribution in [-0.2, 0) is 14.0 Å². The van der Waals surface area contributed by atoms with E-state index in [1.807, 2.05) is 6.11 Å². The zero-order valence-corrected chi connectivity index (χ0v) is 11.2. The summed E-state index contributed by atoms with van der Waals surface area (Å²) in [7, 11) is 1.45. The van der Waals surface area contributed by atoms with Crippen molar-refractivity contribution in [2.45, 2.75) is 12.5 Å². The first-order chi connectivity index (χ1) is 7.81. The van der Waals surface area contributed by atoms with E-state index in [0.717, 1.165) is 25.7 Å². The highest BCUT2D eigenvalue weighted by atomic mass is 28.2. The summed E-state index contributed by atoms with van der Waals surface area (Å²) in [5.74, 6) is -0.367. The van der Waals surface area contributed by atoms with Crippen LogP contribution in [0.5, 0.6) is 0 Å². The molecule has 92 valence electrons. The Bertz CT molecular complexity index is 219. The van der Waals surface area contributed by atoms with Gasteiger partial charge in [-0.25, -0.2) is 0 Å². The molecule has 5 nitrogen and oxygen atoms in total. The molecule has 0 saturated heterocycles. The Morgan fingerprint density at radius 2 is 2.00 bits per heavy atom. The van der Waals surface area contributed by atoms with Crippen LogP contribution >= 0.6 is 0 Å². The normalized spacial score (nSPS) is 10.5. The second-order valence-electron chi connectivity index (χ2n) is 3.19. The van der Waals surface area contributed by atoms with Crippen molar-refractivity contribution < 1.29 is 14.0 Å². The molecule has 0 rings (SSSR count). The second kappa shape index (κ2) is 12.2. The van der Waals surface area contributed by atoms with Gasteiger partial charge in [0.25, 0.3) is 0 Å². The van der Waals surface area contributed by atoms with Crippen molar-refractivity contribution in [3.63, 3.8) is 0 Å². The van der Waals surface area contributed by atoms with Gasteiger partial charge in [0.15, 0.2) is 9.76 Å². The van der Waals surface area contributed by atoms with Crippen LogP contribution < -0.4 is 10.6 Å². The van der Waals surface area contributed by atoms with Gasteiger partial charge in [-0.1, -0.05) is 6.42 Å². The molecule has 0 unspecified atom stereocenters. The van der Waals surface area contributed by atoms with Crippen LogP contribution in [0.25, 0.3) is 0 Å². The number of rotatable bonds is 10. The van der Waals surface area contributed by atoms with Gasteiger partial charge in [0, 0.05) is 26.7 Å². The van der Waals surface area contributed by atoms with E-state index in [2.05, 4.69) is 15.4 Å². The van der Waals surface area contributed by atoms with Crippen molar-refractivity contribution in [3.8, 4) is 12.5 Å². The summed E-state index contributed by atoms with van der Waals surface area (Å²) in [4.78, 5) is 10.8. The summed E-state index contributed by atoms with van der Waals surface area (Å²) in [5.41, 5.74) is 0. The molecule has 16 heavy (non-hydrogen) atoms. The van der Waals surface area contributed by atoms with Crippen molar-refractivity contribution in [1.29, 1.82) is 0 Å². The maximum absolute atomic E-state index is 10.8. The van der Waals surface area contributed by atoms with Gasteiger partial charge >= 0.3 is 5.97 Å². The van der Waals surface area contributed by atoms with Crippen LogP contribution in [0.4, 0.5) is 0 Å². The third-order valence-corrected chi connectivity index (χ3v) is 2.91. The Hall–Kier alpha value is -0.873. The average Bonchev–Trinajstić information content (AvgIpc) is 2.27. The Kier molecular flexibility index (Phi) is 11.5. The highest BCUT2D eigenvalue weighted by molar-refractivity contribution is 6.27. The van der Waals surface area contributed by atoms with Gasteiger partial charge in [0.2, 0.25) is 0 Å². The Balaban J connectivity index is 3.04. The molecule has 0 aliphatic carbocycles. The lowest BCUT2D eigenvalue weighted by molar-refractivity contribution is -0.136. The molecule has 0 aliphatic rings. The quantitative estimate of drug-likeness (QED) is 0.220. The molecule has 0 aromatic rings. The number of esters is 1. The van der Waals surface area contributed by atoms with E-state index < -0.39 is 0 Å². The molecule has 0 bridgehead atoms. The van der Waals surface area contributed by atoms with Crippen molar-refractivity contribution in [1.82, 2.24) is 10.6 Å². The topological polar surface area (TPSA) is 59.6 Å². The maximum Gasteiger partial charge on any atom is 0.321 e. The van der Waals surface area contributed by atoms with E-state index in [0.29, 0.717) is 13.0 Å². The molecule has 0 heterocycles. The lowest BCUT2D eigenvalue weighted by atomic mass is 10.4. The van der Waals surface area contributed by atoms with Crippen molar-refractivity contribution in [2.24, 2.45) is 0 Å². The third-order valence-electron chi connectivity index (χ3n) is 1.86. The number of carbonyl (C=O) groups is 1. The van der Waals surface area contributed by atoms with E-state index >= 15 is 0 Å².